The number of anilines is 1. The largest absolute Gasteiger partial charge is 0.495 e. The van der Waals surface area contributed by atoms with Crippen molar-refractivity contribution in [1.29, 1.82) is 0 Å². The SMILES string of the molecule is COC(=O)c1ccc(/C=C/C(=O)O[C@H](C)C(=O)Nc2cc(C)ccc2OC)cc1. The minimum Gasteiger partial charge on any atom is -0.495 e. The number of rotatable bonds is 7. The third kappa shape index (κ3) is 6.21. The Morgan fingerprint density at radius 3 is 2.34 bits per heavy atom. The Kier molecular flexibility index (Phi) is 7.54. The molecule has 7 heteroatoms. The van der Waals surface area contributed by atoms with Crippen LogP contribution in [0.25, 0.3) is 6.08 Å². The van der Waals surface area contributed by atoms with Gasteiger partial charge in [0.1, 0.15) is 5.75 Å². The van der Waals surface area contributed by atoms with Crippen LogP contribution in [0.2, 0.25) is 0 Å². The summed E-state index contributed by atoms with van der Waals surface area (Å²) in [5, 5.41) is 2.69. The molecule has 0 unspecified atom stereocenters. The average molecular weight is 397 g/mol. The van der Waals surface area contributed by atoms with E-state index in [1.165, 1.54) is 33.3 Å². The standard InChI is InChI=1S/C22H23NO6/c1-14-5-11-19(27-3)18(13-14)23-21(25)15(2)29-20(24)12-8-16-6-9-17(10-7-16)22(26)28-4/h5-13,15H,1-4H3,(H,23,25)/b12-8+/t15-/m1/s1. The van der Waals surface area contributed by atoms with Crippen molar-refractivity contribution in [1.82, 2.24) is 0 Å². The van der Waals surface area contributed by atoms with E-state index < -0.39 is 23.9 Å². The number of benzene rings is 2. The number of carbonyl (C=O) groups excluding carboxylic acids is 3. The van der Waals surface area contributed by atoms with Crippen molar-refractivity contribution in [3.63, 3.8) is 0 Å². The van der Waals surface area contributed by atoms with Gasteiger partial charge in [-0.1, -0.05) is 18.2 Å². The van der Waals surface area contributed by atoms with Crippen molar-refractivity contribution < 1.29 is 28.6 Å². The highest BCUT2D eigenvalue weighted by molar-refractivity contribution is 5.97. The summed E-state index contributed by atoms with van der Waals surface area (Å²) >= 11 is 0. The zero-order valence-corrected chi connectivity index (χ0v) is 16.7. The number of esters is 2. The molecule has 0 aliphatic carbocycles. The van der Waals surface area contributed by atoms with Crippen molar-refractivity contribution in [2.24, 2.45) is 0 Å². The second kappa shape index (κ2) is 10.1. The van der Waals surface area contributed by atoms with Crippen molar-refractivity contribution in [3.05, 3.63) is 65.2 Å². The second-order valence-corrected chi connectivity index (χ2v) is 6.22. The maximum Gasteiger partial charge on any atom is 0.337 e. The second-order valence-electron chi connectivity index (χ2n) is 6.22. The fraction of sp³-hybridized carbons (Fsp3) is 0.227. The first kappa shape index (κ1) is 21.7. The molecule has 29 heavy (non-hydrogen) atoms. The van der Waals surface area contributed by atoms with E-state index in [4.69, 9.17) is 9.47 Å². The van der Waals surface area contributed by atoms with Gasteiger partial charge in [-0.3, -0.25) is 4.79 Å². The zero-order chi connectivity index (χ0) is 21.4. The van der Waals surface area contributed by atoms with Crippen LogP contribution in [0.1, 0.15) is 28.4 Å². The van der Waals surface area contributed by atoms with Crippen LogP contribution in [-0.4, -0.2) is 38.2 Å². The molecule has 2 rings (SSSR count). The van der Waals surface area contributed by atoms with Gasteiger partial charge >= 0.3 is 11.9 Å². The van der Waals surface area contributed by atoms with Gasteiger partial charge in [0.2, 0.25) is 0 Å². The van der Waals surface area contributed by atoms with Crippen LogP contribution < -0.4 is 10.1 Å². The lowest BCUT2D eigenvalue weighted by molar-refractivity contribution is -0.148. The van der Waals surface area contributed by atoms with Crippen molar-refractivity contribution in [3.8, 4) is 5.75 Å². The molecule has 2 aromatic rings. The molecule has 1 amide bonds. The van der Waals surface area contributed by atoms with Gasteiger partial charge in [0, 0.05) is 6.08 Å². The van der Waals surface area contributed by atoms with Crippen molar-refractivity contribution in [2.75, 3.05) is 19.5 Å². The summed E-state index contributed by atoms with van der Waals surface area (Å²) in [6.45, 7) is 3.37. The van der Waals surface area contributed by atoms with Crippen LogP contribution >= 0.6 is 0 Å². The Morgan fingerprint density at radius 2 is 1.72 bits per heavy atom. The molecular weight excluding hydrogens is 374 g/mol. The normalized spacial score (nSPS) is 11.6. The van der Waals surface area contributed by atoms with Crippen LogP contribution in [0, 0.1) is 6.92 Å². The monoisotopic (exact) mass is 397 g/mol. The summed E-state index contributed by atoms with van der Waals surface area (Å²) in [6, 6.07) is 11.9. The third-order valence-electron chi connectivity index (χ3n) is 4.02. The molecule has 7 nitrogen and oxygen atoms in total. The van der Waals surface area contributed by atoms with E-state index in [0.29, 0.717) is 22.6 Å². The predicted molar refractivity (Wildman–Crippen MR) is 109 cm³/mol. The summed E-state index contributed by atoms with van der Waals surface area (Å²) in [4.78, 5) is 35.7. The highest BCUT2D eigenvalue weighted by Gasteiger charge is 2.18. The van der Waals surface area contributed by atoms with Gasteiger partial charge in [-0.25, -0.2) is 9.59 Å². The molecule has 0 saturated heterocycles. The number of hydrogen-bond donors (Lipinski definition) is 1. The van der Waals surface area contributed by atoms with E-state index >= 15 is 0 Å². The van der Waals surface area contributed by atoms with E-state index in [1.54, 1.807) is 36.4 Å². The van der Waals surface area contributed by atoms with Crippen molar-refractivity contribution in [2.45, 2.75) is 20.0 Å². The summed E-state index contributed by atoms with van der Waals surface area (Å²) in [5.41, 5.74) is 2.55. The Bertz CT molecular complexity index is 917. The minimum atomic E-state index is -1.00. The lowest BCUT2D eigenvalue weighted by Gasteiger charge is -2.15. The van der Waals surface area contributed by atoms with E-state index in [9.17, 15) is 14.4 Å². The van der Waals surface area contributed by atoms with Crippen LogP contribution in [-0.2, 0) is 19.1 Å². The predicted octanol–water partition coefficient (Wildman–Crippen LogP) is 3.37. The molecule has 0 spiro atoms. The van der Waals surface area contributed by atoms with Gasteiger partial charge < -0.3 is 19.5 Å². The fourth-order valence-electron chi connectivity index (χ4n) is 2.43. The Hall–Kier alpha value is -3.61. The molecule has 0 bridgehead atoms. The molecule has 1 N–H and O–H groups in total. The Balaban J connectivity index is 1.94. The molecular formula is C22H23NO6. The Morgan fingerprint density at radius 1 is 1.03 bits per heavy atom. The molecule has 0 aliphatic rings. The molecule has 1 atom stereocenters. The highest BCUT2D eigenvalue weighted by Crippen LogP contribution is 2.25. The summed E-state index contributed by atoms with van der Waals surface area (Å²) < 4.78 is 15.0. The number of ether oxygens (including phenoxy) is 3. The molecule has 152 valence electrons. The van der Waals surface area contributed by atoms with Gasteiger partial charge in [-0.05, 0) is 55.3 Å². The number of methoxy groups -OCH3 is 2. The highest BCUT2D eigenvalue weighted by atomic mass is 16.5. The first-order chi connectivity index (χ1) is 13.8. The minimum absolute atomic E-state index is 0.407. The fourth-order valence-corrected chi connectivity index (χ4v) is 2.43. The van der Waals surface area contributed by atoms with E-state index in [2.05, 4.69) is 10.1 Å². The lowest BCUT2D eigenvalue weighted by atomic mass is 10.1. The molecule has 0 aromatic heterocycles. The molecule has 0 fully saturated rings. The quantitative estimate of drug-likeness (QED) is 0.569. The number of carbonyl (C=O) groups is 3. The third-order valence-corrected chi connectivity index (χ3v) is 4.02. The topological polar surface area (TPSA) is 90.9 Å². The first-order valence-corrected chi connectivity index (χ1v) is 8.86. The van der Waals surface area contributed by atoms with Gasteiger partial charge in [-0.2, -0.15) is 0 Å². The van der Waals surface area contributed by atoms with E-state index in [1.807, 2.05) is 13.0 Å². The summed E-state index contributed by atoms with van der Waals surface area (Å²) in [6.07, 6.45) is 1.74. The summed E-state index contributed by atoms with van der Waals surface area (Å²) in [5.74, 6) is -1.07. The Labute approximate surface area is 169 Å². The summed E-state index contributed by atoms with van der Waals surface area (Å²) in [7, 11) is 2.81. The smallest absolute Gasteiger partial charge is 0.337 e. The first-order valence-electron chi connectivity index (χ1n) is 8.86. The number of aryl methyl sites for hydroxylation is 1. The number of amides is 1. The van der Waals surface area contributed by atoms with E-state index in [0.717, 1.165) is 5.56 Å². The number of hydrogen-bond acceptors (Lipinski definition) is 6. The van der Waals surface area contributed by atoms with Crippen LogP contribution in [0.5, 0.6) is 5.75 Å². The molecule has 0 radical (unpaired) electrons. The maximum atomic E-state index is 12.3. The van der Waals surface area contributed by atoms with Gasteiger partial charge in [0.15, 0.2) is 6.10 Å². The average Bonchev–Trinajstić information content (AvgIpc) is 2.72. The van der Waals surface area contributed by atoms with Gasteiger partial charge in [-0.15, -0.1) is 0 Å². The lowest BCUT2D eigenvalue weighted by Crippen LogP contribution is -2.29. The van der Waals surface area contributed by atoms with Crippen LogP contribution in [0.4, 0.5) is 5.69 Å². The molecule has 0 heterocycles. The number of nitrogens with one attached hydrogen (secondary N) is 1. The van der Waals surface area contributed by atoms with E-state index in [-0.39, 0.29) is 0 Å². The van der Waals surface area contributed by atoms with Crippen molar-refractivity contribution >= 4 is 29.6 Å². The molecule has 0 aliphatic heterocycles. The van der Waals surface area contributed by atoms with Gasteiger partial charge in [0.05, 0.1) is 25.5 Å². The van der Waals surface area contributed by atoms with Crippen LogP contribution in [0.15, 0.2) is 48.5 Å². The maximum absolute atomic E-state index is 12.3. The zero-order valence-electron chi connectivity index (χ0n) is 16.7. The van der Waals surface area contributed by atoms with Gasteiger partial charge in [0.25, 0.3) is 5.91 Å². The molecule has 0 saturated carbocycles. The van der Waals surface area contributed by atoms with Crippen LogP contribution in [0.3, 0.4) is 0 Å². The molecule has 2 aromatic carbocycles.